The summed E-state index contributed by atoms with van der Waals surface area (Å²) >= 11 is 0. The zero-order chi connectivity index (χ0) is 28.1. The Morgan fingerprint density at radius 2 is 1.57 bits per heavy atom. The van der Waals surface area contributed by atoms with E-state index >= 15 is 0 Å². The summed E-state index contributed by atoms with van der Waals surface area (Å²) in [5.41, 5.74) is 3.92. The van der Waals surface area contributed by atoms with E-state index in [1.807, 2.05) is 83.4 Å². The van der Waals surface area contributed by atoms with E-state index in [2.05, 4.69) is 4.98 Å². The first-order chi connectivity index (χ1) is 19.5. The van der Waals surface area contributed by atoms with Gasteiger partial charge in [0.1, 0.15) is 18.9 Å². The summed E-state index contributed by atoms with van der Waals surface area (Å²) in [6, 6.07) is 25.5. The third-order valence-electron chi connectivity index (χ3n) is 7.02. The van der Waals surface area contributed by atoms with Gasteiger partial charge < -0.3 is 24.0 Å². The van der Waals surface area contributed by atoms with Crippen LogP contribution in [0.25, 0.3) is 21.8 Å². The number of methoxy groups -OCH3 is 1. The van der Waals surface area contributed by atoms with Crippen LogP contribution < -0.4 is 4.74 Å². The largest absolute Gasteiger partial charge is 0.488 e. The number of carbonyl (C=O) groups is 2. The first-order valence-corrected chi connectivity index (χ1v) is 13.1. The fourth-order valence-corrected chi connectivity index (χ4v) is 4.97. The van der Waals surface area contributed by atoms with Gasteiger partial charge in [-0.3, -0.25) is 4.79 Å². The quantitative estimate of drug-likeness (QED) is 0.245. The van der Waals surface area contributed by atoms with E-state index in [0.717, 1.165) is 28.5 Å². The van der Waals surface area contributed by atoms with E-state index < -0.39 is 5.97 Å². The second-order valence-electron chi connectivity index (χ2n) is 9.65. The van der Waals surface area contributed by atoms with Gasteiger partial charge >= 0.3 is 5.97 Å². The maximum Gasteiger partial charge on any atom is 0.354 e. The molecule has 0 aliphatic carbocycles. The lowest BCUT2D eigenvalue weighted by Crippen LogP contribution is -2.31. The smallest absolute Gasteiger partial charge is 0.354 e. The van der Waals surface area contributed by atoms with Crippen molar-refractivity contribution in [2.45, 2.75) is 26.2 Å². The van der Waals surface area contributed by atoms with Crippen molar-refractivity contribution in [3.8, 4) is 5.75 Å². The van der Waals surface area contributed by atoms with E-state index in [9.17, 15) is 14.7 Å². The normalized spacial score (nSPS) is 11.2. The van der Waals surface area contributed by atoms with E-state index in [-0.39, 0.29) is 24.8 Å². The van der Waals surface area contributed by atoms with Crippen molar-refractivity contribution in [1.82, 2.24) is 14.5 Å². The molecule has 40 heavy (non-hydrogen) atoms. The molecule has 5 aromatic rings. The highest BCUT2D eigenvalue weighted by Gasteiger charge is 2.24. The monoisotopic (exact) mass is 537 g/mol. The number of carboxylic acid groups (broad SMARTS) is 1. The summed E-state index contributed by atoms with van der Waals surface area (Å²) in [5, 5.41) is 11.3. The molecule has 0 aliphatic heterocycles. The van der Waals surface area contributed by atoms with Gasteiger partial charge in [-0.2, -0.15) is 0 Å². The molecule has 5 rings (SSSR count). The molecular formula is C32H31N3O5. The first kappa shape index (κ1) is 26.9. The minimum atomic E-state index is -1.14. The number of hydrogen-bond donors (Lipinski definition) is 1. The van der Waals surface area contributed by atoms with Crippen LogP contribution in [0.15, 0.2) is 85.1 Å². The molecule has 0 saturated heterocycles. The van der Waals surface area contributed by atoms with Crippen LogP contribution in [-0.4, -0.2) is 52.1 Å². The molecule has 8 heteroatoms. The van der Waals surface area contributed by atoms with Gasteiger partial charge in [0.05, 0.1) is 29.2 Å². The van der Waals surface area contributed by atoms with Crippen LogP contribution in [-0.2, 0) is 35.7 Å². The Morgan fingerprint density at radius 3 is 2.25 bits per heavy atom. The van der Waals surface area contributed by atoms with Gasteiger partial charge in [0.25, 0.3) is 0 Å². The number of ether oxygens (including phenoxy) is 2. The zero-order valence-electron chi connectivity index (χ0n) is 22.5. The molecule has 0 fully saturated rings. The lowest BCUT2D eigenvalue weighted by Gasteiger charge is -2.18. The number of amides is 1. The average molecular weight is 538 g/mol. The number of rotatable bonds is 11. The van der Waals surface area contributed by atoms with Gasteiger partial charge in [-0.05, 0) is 29.7 Å². The van der Waals surface area contributed by atoms with Crippen LogP contribution in [0, 0.1) is 0 Å². The van der Waals surface area contributed by atoms with Gasteiger partial charge in [0.15, 0.2) is 5.69 Å². The standard InChI is InChI=1S/C32H31N3O5/c1-34(17-16-22-10-5-3-6-11-22)28(36)19-35-25-14-9-15-27(40-20-23-12-7-4-8-13-23)30(25)29-24(21-39-2)31(32(37)38)33-18-26(29)35/h3-15,18H,16-17,19-21H2,1-2H3,(H,37,38). The summed E-state index contributed by atoms with van der Waals surface area (Å²) in [6.07, 6.45) is 2.27. The summed E-state index contributed by atoms with van der Waals surface area (Å²) in [4.78, 5) is 31.5. The Kier molecular flexibility index (Phi) is 8.07. The average Bonchev–Trinajstić information content (AvgIpc) is 3.30. The summed E-state index contributed by atoms with van der Waals surface area (Å²) in [5.74, 6) is -0.620. The Hall–Kier alpha value is -4.69. The number of nitrogens with zero attached hydrogens (tertiary/aromatic N) is 3. The van der Waals surface area contributed by atoms with Crippen LogP contribution in [0.4, 0.5) is 0 Å². The van der Waals surface area contributed by atoms with Gasteiger partial charge in [-0.15, -0.1) is 0 Å². The van der Waals surface area contributed by atoms with E-state index in [1.54, 1.807) is 11.9 Å². The summed E-state index contributed by atoms with van der Waals surface area (Å²) in [7, 11) is 3.31. The number of carbonyl (C=O) groups excluding carboxylic acids is 1. The van der Waals surface area contributed by atoms with Gasteiger partial charge in [-0.1, -0.05) is 66.7 Å². The minimum absolute atomic E-state index is 0.0447. The van der Waals surface area contributed by atoms with Crippen LogP contribution in [0.1, 0.15) is 27.2 Å². The second kappa shape index (κ2) is 12.0. The highest BCUT2D eigenvalue weighted by atomic mass is 16.5. The number of fused-ring (bicyclic) bond motifs is 3. The molecule has 8 nitrogen and oxygen atoms in total. The van der Waals surface area contributed by atoms with Crippen molar-refractivity contribution in [3.05, 3.63) is 107 Å². The highest BCUT2D eigenvalue weighted by Crippen LogP contribution is 2.39. The molecule has 0 radical (unpaired) electrons. The number of carboxylic acids is 1. The van der Waals surface area contributed by atoms with Crippen molar-refractivity contribution >= 4 is 33.7 Å². The number of aromatic carboxylic acids is 1. The summed E-state index contributed by atoms with van der Waals surface area (Å²) in [6.45, 7) is 1.02. The van der Waals surface area contributed by atoms with Crippen LogP contribution in [0.5, 0.6) is 5.75 Å². The van der Waals surface area contributed by atoms with Crippen LogP contribution in [0.3, 0.4) is 0 Å². The Bertz CT molecular complexity index is 1650. The predicted molar refractivity (Wildman–Crippen MR) is 153 cm³/mol. The number of hydrogen-bond acceptors (Lipinski definition) is 5. The highest BCUT2D eigenvalue weighted by molar-refractivity contribution is 6.14. The van der Waals surface area contributed by atoms with Gasteiger partial charge in [0, 0.05) is 31.7 Å². The maximum atomic E-state index is 13.4. The van der Waals surface area contributed by atoms with Crippen molar-refractivity contribution in [3.63, 3.8) is 0 Å². The molecular weight excluding hydrogens is 506 g/mol. The molecule has 0 atom stereocenters. The zero-order valence-corrected chi connectivity index (χ0v) is 22.5. The predicted octanol–water partition coefficient (Wildman–Crippen LogP) is 5.31. The molecule has 2 aromatic heterocycles. The van der Waals surface area contributed by atoms with E-state index in [0.29, 0.717) is 35.4 Å². The van der Waals surface area contributed by atoms with Crippen LogP contribution >= 0.6 is 0 Å². The van der Waals surface area contributed by atoms with Gasteiger partial charge in [-0.25, -0.2) is 9.78 Å². The molecule has 0 spiro atoms. The Morgan fingerprint density at radius 1 is 0.875 bits per heavy atom. The fourth-order valence-electron chi connectivity index (χ4n) is 4.97. The van der Waals surface area contributed by atoms with E-state index in [4.69, 9.17) is 9.47 Å². The molecule has 2 heterocycles. The van der Waals surface area contributed by atoms with Crippen molar-refractivity contribution in [1.29, 1.82) is 0 Å². The molecule has 204 valence electrons. The first-order valence-electron chi connectivity index (χ1n) is 13.1. The minimum Gasteiger partial charge on any atom is -0.488 e. The van der Waals surface area contributed by atoms with Crippen LogP contribution in [0.2, 0.25) is 0 Å². The lowest BCUT2D eigenvalue weighted by molar-refractivity contribution is -0.130. The SMILES string of the molecule is COCc1c(C(=O)O)ncc2c1c1c(OCc3ccccc3)cccc1n2CC(=O)N(C)CCc1ccccc1. The molecule has 1 amide bonds. The molecule has 1 N–H and O–H groups in total. The molecule has 0 saturated carbocycles. The van der Waals surface area contributed by atoms with E-state index in [1.165, 1.54) is 13.3 Å². The fraction of sp³-hybridized carbons (Fsp3) is 0.219. The lowest BCUT2D eigenvalue weighted by atomic mass is 10.1. The number of likely N-dealkylation sites (N-methyl/N-ethyl adjacent to an activating group) is 1. The molecule has 0 unspecified atom stereocenters. The topological polar surface area (TPSA) is 93.9 Å². The Labute approximate surface area is 232 Å². The van der Waals surface area contributed by atoms with Crippen molar-refractivity contribution in [2.24, 2.45) is 0 Å². The van der Waals surface area contributed by atoms with Crippen molar-refractivity contribution in [2.75, 3.05) is 20.7 Å². The third kappa shape index (κ3) is 5.53. The number of benzene rings is 3. The molecule has 3 aromatic carbocycles. The van der Waals surface area contributed by atoms with Gasteiger partial charge in [0.2, 0.25) is 5.91 Å². The summed E-state index contributed by atoms with van der Waals surface area (Å²) < 4.78 is 13.6. The third-order valence-corrected chi connectivity index (χ3v) is 7.02. The molecule has 0 bridgehead atoms. The second-order valence-corrected chi connectivity index (χ2v) is 9.65. The molecule has 0 aliphatic rings. The van der Waals surface area contributed by atoms with Crippen molar-refractivity contribution < 1.29 is 24.2 Å². The number of aromatic nitrogens is 2. The Balaban J connectivity index is 1.57. The number of pyridine rings is 1. The maximum absolute atomic E-state index is 13.4.